The van der Waals surface area contributed by atoms with Gasteiger partial charge in [-0.3, -0.25) is 0 Å². The van der Waals surface area contributed by atoms with Crippen LogP contribution in [0.1, 0.15) is 16.7 Å². The molecule has 4 nitrogen and oxygen atoms in total. The molecule has 0 aliphatic rings. The highest BCUT2D eigenvalue weighted by Crippen LogP contribution is 2.28. The molecule has 0 saturated carbocycles. The molecule has 28 heavy (non-hydrogen) atoms. The van der Waals surface area contributed by atoms with Gasteiger partial charge in [0.05, 0.1) is 6.61 Å². The molecule has 0 aliphatic heterocycles. The average molecular weight is 378 g/mol. The van der Waals surface area contributed by atoms with Crippen LogP contribution in [0.2, 0.25) is 0 Å². The lowest BCUT2D eigenvalue weighted by Crippen LogP contribution is -2.21. The molecule has 0 spiro atoms. The Balaban J connectivity index is 1.63. The summed E-state index contributed by atoms with van der Waals surface area (Å²) in [7, 11) is 0. The number of ether oxygens (including phenoxy) is 2. The maximum atomic E-state index is 9.41. The van der Waals surface area contributed by atoms with Crippen molar-refractivity contribution in [2.24, 2.45) is 0 Å². The van der Waals surface area contributed by atoms with Gasteiger partial charge in [0.2, 0.25) is 0 Å². The lowest BCUT2D eigenvalue weighted by Gasteiger charge is -2.13. The molecule has 0 bridgehead atoms. The van der Waals surface area contributed by atoms with E-state index >= 15 is 0 Å². The van der Waals surface area contributed by atoms with Crippen molar-refractivity contribution in [2.45, 2.75) is 26.6 Å². The van der Waals surface area contributed by atoms with Gasteiger partial charge < -0.3 is 19.7 Å². The van der Waals surface area contributed by atoms with E-state index in [0.717, 1.165) is 28.0 Å². The van der Waals surface area contributed by atoms with Crippen LogP contribution in [0.25, 0.3) is 11.1 Å². The molecule has 0 aromatic heterocycles. The van der Waals surface area contributed by atoms with E-state index in [2.05, 4.69) is 25.1 Å². The highest BCUT2D eigenvalue weighted by molar-refractivity contribution is 5.66. The molecular formula is C24H26O4. The quantitative estimate of drug-likeness (QED) is 0.614. The highest BCUT2D eigenvalue weighted by atomic mass is 16.5. The standard InChI is InChI=1S/C24H26O4/c1-17-4-3-5-19(12-17)15-27-23-9-6-20(7-10-23)21-8-11-24(18(2)13-21)28-16-22(26)14-25/h3-13,22,25-26H,14-16H2,1-2H3. The van der Waals surface area contributed by atoms with E-state index in [9.17, 15) is 5.11 Å². The van der Waals surface area contributed by atoms with E-state index in [1.807, 2.05) is 55.5 Å². The molecule has 0 heterocycles. The van der Waals surface area contributed by atoms with Crippen molar-refractivity contribution in [3.8, 4) is 22.6 Å². The van der Waals surface area contributed by atoms with E-state index in [0.29, 0.717) is 12.4 Å². The number of aryl methyl sites for hydroxylation is 2. The van der Waals surface area contributed by atoms with Crippen molar-refractivity contribution < 1.29 is 19.7 Å². The summed E-state index contributed by atoms with van der Waals surface area (Å²) in [6.07, 6.45) is -0.869. The Morgan fingerprint density at radius 1 is 0.857 bits per heavy atom. The summed E-state index contributed by atoms with van der Waals surface area (Å²) in [5.74, 6) is 1.54. The monoisotopic (exact) mass is 378 g/mol. The van der Waals surface area contributed by atoms with Crippen LogP contribution < -0.4 is 9.47 Å². The Kier molecular flexibility index (Phi) is 6.69. The van der Waals surface area contributed by atoms with Gasteiger partial charge in [0.1, 0.15) is 30.8 Å². The molecule has 0 fully saturated rings. The SMILES string of the molecule is Cc1cccc(COc2ccc(-c3ccc(OCC(O)CO)c(C)c3)cc2)c1. The Morgan fingerprint density at radius 3 is 2.29 bits per heavy atom. The summed E-state index contributed by atoms with van der Waals surface area (Å²) < 4.78 is 11.4. The maximum Gasteiger partial charge on any atom is 0.122 e. The van der Waals surface area contributed by atoms with Gasteiger partial charge in [-0.1, -0.05) is 48.0 Å². The Morgan fingerprint density at radius 2 is 1.61 bits per heavy atom. The molecule has 0 aliphatic carbocycles. The first-order valence-corrected chi connectivity index (χ1v) is 9.36. The van der Waals surface area contributed by atoms with Gasteiger partial charge in [0, 0.05) is 0 Å². The Labute approximate surface area is 166 Å². The molecule has 4 heteroatoms. The second kappa shape index (κ2) is 9.40. The summed E-state index contributed by atoms with van der Waals surface area (Å²) in [5.41, 5.74) is 5.53. The zero-order valence-corrected chi connectivity index (χ0v) is 16.3. The molecule has 0 saturated heterocycles. The second-order valence-corrected chi connectivity index (χ2v) is 6.93. The van der Waals surface area contributed by atoms with Gasteiger partial charge in [-0.2, -0.15) is 0 Å². The molecule has 2 N–H and O–H groups in total. The van der Waals surface area contributed by atoms with Crippen LogP contribution in [-0.2, 0) is 6.61 Å². The fourth-order valence-corrected chi connectivity index (χ4v) is 2.94. The molecule has 0 amide bonds. The van der Waals surface area contributed by atoms with Crippen molar-refractivity contribution >= 4 is 0 Å². The van der Waals surface area contributed by atoms with E-state index in [4.69, 9.17) is 14.6 Å². The summed E-state index contributed by atoms with van der Waals surface area (Å²) >= 11 is 0. The topological polar surface area (TPSA) is 58.9 Å². The van der Waals surface area contributed by atoms with Crippen LogP contribution >= 0.6 is 0 Å². The van der Waals surface area contributed by atoms with Gasteiger partial charge >= 0.3 is 0 Å². The van der Waals surface area contributed by atoms with E-state index in [-0.39, 0.29) is 13.2 Å². The predicted octanol–water partition coefficient (Wildman–Crippen LogP) is 4.28. The third-order valence-corrected chi connectivity index (χ3v) is 4.49. The number of benzene rings is 3. The fourth-order valence-electron chi connectivity index (χ4n) is 2.94. The van der Waals surface area contributed by atoms with Crippen molar-refractivity contribution in [3.05, 3.63) is 83.4 Å². The molecule has 146 valence electrons. The minimum Gasteiger partial charge on any atom is -0.491 e. The van der Waals surface area contributed by atoms with Gasteiger partial charge in [-0.25, -0.2) is 0 Å². The van der Waals surface area contributed by atoms with Crippen LogP contribution in [0.5, 0.6) is 11.5 Å². The zero-order valence-electron chi connectivity index (χ0n) is 16.3. The van der Waals surface area contributed by atoms with Crippen LogP contribution in [0, 0.1) is 13.8 Å². The fraction of sp³-hybridized carbons (Fsp3) is 0.250. The predicted molar refractivity (Wildman–Crippen MR) is 111 cm³/mol. The maximum absolute atomic E-state index is 9.41. The number of hydrogen-bond acceptors (Lipinski definition) is 4. The molecule has 1 atom stereocenters. The first kappa shape index (κ1) is 19.9. The summed E-state index contributed by atoms with van der Waals surface area (Å²) in [4.78, 5) is 0. The smallest absolute Gasteiger partial charge is 0.122 e. The van der Waals surface area contributed by atoms with Crippen molar-refractivity contribution in [3.63, 3.8) is 0 Å². The number of aliphatic hydroxyl groups excluding tert-OH is 2. The average Bonchev–Trinajstić information content (AvgIpc) is 2.71. The van der Waals surface area contributed by atoms with Crippen LogP contribution in [-0.4, -0.2) is 29.5 Å². The third kappa shape index (κ3) is 5.35. The molecule has 3 aromatic carbocycles. The Hall–Kier alpha value is -2.82. The lowest BCUT2D eigenvalue weighted by molar-refractivity contribution is 0.0534. The van der Waals surface area contributed by atoms with Gasteiger partial charge in [-0.05, 0) is 60.4 Å². The molecule has 0 radical (unpaired) electrons. The number of aliphatic hydroxyl groups is 2. The van der Waals surface area contributed by atoms with Crippen LogP contribution in [0.4, 0.5) is 0 Å². The largest absolute Gasteiger partial charge is 0.491 e. The minimum atomic E-state index is -0.869. The first-order valence-electron chi connectivity index (χ1n) is 9.36. The highest BCUT2D eigenvalue weighted by Gasteiger charge is 2.07. The summed E-state index contributed by atoms with van der Waals surface area (Å²) in [5, 5.41) is 18.3. The second-order valence-electron chi connectivity index (χ2n) is 6.93. The van der Waals surface area contributed by atoms with Gasteiger partial charge in [0.15, 0.2) is 0 Å². The van der Waals surface area contributed by atoms with Gasteiger partial charge in [0.25, 0.3) is 0 Å². The van der Waals surface area contributed by atoms with Crippen LogP contribution in [0.3, 0.4) is 0 Å². The first-order chi connectivity index (χ1) is 13.5. The van der Waals surface area contributed by atoms with Crippen LogP contribution in [0.15, 0.2) is 66.7 Å². The third-order valence-electron chi connectivity index (χ3n) is 4.49. The normalized spacial score (nSPS) is 11.9. The molecule has 1 unspecified atom stereocenters. The van der Waals surface area contributed by atoms with E-state index in [1.165, 1.54) is 5.56 Å². The number of rotatable bonds is 8. The minimum absolute atomic E-state index is 0.0731. The van der Waals surface area contributed by atoms with E-state index < -0.39 is 6.10 Å². The summed E-state index contributed by atoms with van der Waals surface area (Å²) in [6.45, 7) is 4.35. The van der Waals surface area contributed by atoms with Crippen molar-refractivity contribution in [1.82, 2.24) is 0 Å². The lowest BCUT2D eigenvalue weighted by atomic mass is 10.0. The van der Waals surface area contributed by atoms with E-state index in [1.54, 1.807) is 0 Å². The number of hydrogen-bond donors (Lipinski definition) is 2. The Bertz CT molecular complexity index is 903. The molecule has 3 rings (SSSR count). The molecular weight excluding hydrogens is 352 g/mol. The van der Waals surface area contributed by atoms with Crippen molar-refractivity contribution in [2.75, 3.05) is 13.2 Å². The molecule has 3 aromatic rings. The summed E-state index contributed by atoms with van der Waals surface area (Å²) in [6, 6.07) is 22.2. The zero-order chi connectivity index (χ0) is 19.9. The van der Waals surface area contributed by atoms with Crippen molar-refractivity contribution in [1.29, 1.82) is 0 Å². The van der Waals surface area contributed by atoms with Gasteiger partial charge in [-0.15, -0.1) is 0 Å².